The topological polar surface area (TPSA) is 31.1 Å². The van der Waals surface area contributed by atoms with Gasteiger partial charge in [0, 0.05) is 93.5 Å². The van der Waals surface area contributed by atoms with Crippen LogP contribution in [0.4, 0.5) is 34.1 Å². The molecule has 126 heavy (non-hydrogen) atoms. The zero-order valence-electron chi connectivity index (χ0n) is 95.5. The number of anilines is 6. The van der Waals surface area contributed by atoms with E-state index in [-0.39, 0.29) is 98.7 Å². The van der Waals surface area contributed by atoms with Gasteiger partial charge in [0.2, 0.25) is 0 Å². The molecule has 0 aliphatic carbocycles. The largest absolute Gasteiger partial charge is 0.309 e. The Kier molecular flexibility index (Phi) is 11.8. The van der Waals surface area contributed by atoms with E-state index in [2.05, 4.69) is 196 Å². The highest BCUT2D eigenvalue weighted by molar-refractivity contribution is 6.20. The predicted octanol–water partition coefficient (Wildman–Crippen LogP) is 32.4. The first-order chi connectivity index (χ1) is 71.0. The number of hydrogen-bond acceptors (Lipinski definition) is 2. The van der Waals surface area contributed by atoms with Gasteiger partial charge in [-0.3, -0.25) is 0 Å². The maximum atomic E-state index is 10.5. The number of benzene rings is 17. The molecule has 2 aliphatic rings. The number of hydrogen-bond donors (Lipinski definition) is 0. The minimum atomic E-state index is -1.00. The Morgan fingerprint density at radius 2 is 0.595 bits per heavy atom. The maximum Gasteiger partial charge on any atom is 0.0783 e. The number of nitrogens with zero attached hydrogens (tertiary/aromatic N) is 7. The first-order valence-electron chi connectivity index (χ1n) is 54.7. The lowest BCUT2D eigenvalue weighted by atomic mass is 9.74. The molecule has 0 amide bonds. The molecule has 0 saturated carbocycles. The molecule has 0 N–H and O–H groups in total. The van der Waals surface area contributed by atoms with E-state index in [9.17, 15) is 32.9 Å². The molecular weight excluding hydrogens is 1530 g/mol. The molecule has 7 heteroatoms. The highest BCUT2D eigenvalue weighted by Gasteiger charge is 2.45. The quantitative estimate of drug-likeness (QED) is 0.144. The van der Waals surface area contributed by atoms with Crippen LogP contribution in [-0.2, 0) is 21.7 Å². The average molecular weight is 1650 g/mol. The second kappa shape index (κ2) is 27.4. The molecule has 22 aromatic rings. The smallest absolute Gasteiger partial charge is 0.0783 e. The molecule has 0 saturated heterocycles. The van der Waals surface area contributed by atoms with Gasteiger partial charge in [-0.25, -0.2) is 0 Å². The van der Waals surface area contributed by atoms with Gasteiger partial charge in [-0.2, -0.15) is 0 Å². The van der Waals surface area contributed by atoms with E-state index in [0.717, 1.165) is 72.0 Å². The van der Waals surface area contributed by atoms with E-state index in [4.69, 9.17) is 0 Å². The third-order valence-electron chi connectivity index (χ3n) is 26.0. The van der Waals surface area contributed by atoms with Gasteiger partial charge in [-0.05, 0) is 199 Å². The van der Waals surface area contributed by atoms with Crippen molar-refractivity contribution in [1.29, 1.82) is 0 Å². The molecule has 24 rings (SSSR count). The molecule has 17 aromatic carbocycles. The third kappa shape index (κ3) is 11.3. The fraction of sp³-hybridized carbons (Fsp3) is 0.143. The van der Waals surface area contributed by atoms with Crippen LogP contribution < -0.4 is 9.80 Å². The first kappa shape index (κ1) is 54.1. The van der Waals surface area contributed by atoms with Crippen LogP contribution in [0.25, 0.3) is 160 Å². The summed E-state index contributed by atoms with van der Waals surface area (Å²) >= 11 is 0. The van der Waals surface area contributed by atoms with Crippen molar-refractivity contribution in [3.05, 3.63) is 402 Å². The lowest BCUT2D eigenvalue weighted by molar-refractivity contribution is 0.590. The molecule has 7 heterocycles. The van der Waals surface area contributed by atoms with Crippen LogP contribution in [0.3, 0.4) is 0 Å². The number of fused-ring (bicyclic) bond motifs is 19. The monoisotopic (exact) mass is 1650 g/mol. The Bertz CT molecular complexity index is 9570. The Labute approximate surface area is 768 Å². The molecule has 1 unspecified atom stereocenters. The zero-order valence-corrected chi connectivity index (χ0v) is 71.5. The Balaban J connectivity index is 0.950. The summed E-state index contributed by atoms with van der Waals surface area (Å²) in [6.07, 6.45) is 0. The predicted molar refractivity (Wildman–Crippen MR) is 534 cm³/mol. The summed E-state index contributed by atoms with van der Waals surface area (Å²) in [5, 5.41) is 1.90. The van der Waals surface area contributed by atoms with Crippen molar-refractivity contribution in [2.45, 2.75) is 111 Å². The van der Waals surface area contributed by atoms with Crippen molar-refractivity contribution in [1.82, 2.24) is 22.8 Å². The van der Waals surface area contributed by atoms with Crippen molar-refractivity contribution >= 4 is 143 Å². The first-order valence-corrected chi connectivity index (χ1v) is 42.7. The molecule has 0 radical (unpaired) electrons. The summed E-state index contributed by atoms with van der Waals surface area (Å²) in [6, 6.07) is 58.1. The van der Waals surface area contributed by atoms with Crippen molar-refractivity contribution in [3.63, 3.8) is 0 Å². The van der Waals surface area contributed by atoms with E-state index in [1.807, 2.05) is 107 Å². The Morgan fingerprint density at radius 1 is 0.230 bits per heavy atom. The molecule has 0 bridgehead atoms. The highest BCUT2D eigenvalue weighted by Crippen LogP contribution is 2.65. The van der Waals surface area contributed by atoms with E-state index in [0.29, 0.717) is 78.3 Å². The minimum Gasteiger partial charge on any atom is -0.309 e. The normalized spacial score (nSPS) is 16.4. The molecule has 7 nitrogen and oxygen atoms in total. The van der Waals surface area contributed by atoms with Crippen LogP contribution in [0.15, 0.2) is 363 Å². The Hall–Kier alpha value is -14.7. The van der Waals surface area contributed by atoms with Gasteiger partial charge in [-0.1, -0.05) is 313 Å². The van der Waals surface area contributed by atoms with Crippen LogP contribution in [0.5, 0.6) is 0 Å². The van der Waals surface area contributed by atoms with Crippen molar-refractivity contribution in [2.24, 2.45) is 0 Å². The van der Waals surface area contributed by atoms with Crippen molar-refractivity contribution < 1.29 is 32.9 Å². The van der Waals surface area contributed by atoms with E-state index in [1.165, 1.54) is 13.7 Å². The molecule has 2 aliphatic heterocycles. The van der Waals surface area contributed by atoms with Crippen LogP contribution in [-0.4, -0.2) is 22.8 Å². The van der Waals surface area contributed by atoms with Crippen LogP contribution in [0.1, 0.15) is 161 Å². The van der Waals surface area contributed by atoms with Gasteiger partial charge >= 0.3 is 0 Å². The van der Waals surface area contributed by atoms with Crippen LogP contribution >= 0.6 is 0 Å². The van der Waals surface area contributed by atoms with Crippen molar-refractivity contribution in [2.75, 3.05) is 9.80 Å². The van der Waals surface area contributed by atoms with Crippen LogP contribution in [0.2, 0.25) is 0 Å². The number of aromatic nitrogens is 5. The Morgan fingerprint density at radius 3 is 1.05 bits per heavy atom. The van der Waals surface area contributed by atoms with E-state index in [1.54, 1.807) is 18.2 Å². The highest BCUT2D eigenvalue weighted by atomic mass is 15.2. The van der Waals surface area contributed by atoms with Gasteiger partial charge in [0.1, 0.15) is 0 Å². The lowest BCUT2D eigenvalue weighted by Gasteiger charge is -2.46. The fourth-order valence-corrected chi connectivity index (χ4v) is 19.9. The second-order valence-corrected chi connectivity index (χ2v) is 37.5. The molecular formula is C119H97N7. The summed E-state index contributed by atoms with van der Waals surface area (Å²) < 4.78 is 243. The molecule has 608 valence electrons. The van der Waals surface area contributed by atoms with Gasteiger partial charge < -0.3 is 32.6 Å². The fourth-order valence-electron chi connectivity index (χ4n) is 19.9. The van der Waals surface area contributed by atoms with Gasteiger partial charge in [0.25, 0.3) is 0 Å². The standard InChI is InChI=1S/C119H97N7/c1-116(2,3)75-55-53-74(54-56-75)94-68-78(119(10,11)12)67-93(73-33-15-13-16-34-73)113(94)126-108-70-81(121-103-63-57-76(117(4,5)6)65-95(103)96-66-77(118(7,8)9)58-64-104(96)121)60-62-92(108)111-91-61-59-80(120-97-45-25-19-37-83(97)84-38-20-26-46-98(84)120)69-107(91)125(109-71-82(72-110(126)112(109)111)122-99-47-27-21-39-85(99)86-40-22-28-48-100(86)122)106-52-32-44-90-89-43-31-51-105(114(89)123(115(90)106)79-35-17-14-18-36-79)124-101-49-29-23-41-87(101)88-42-24-30-50-102(88)124/h13-72,111H,1-12H3/i19D,20D,21D,22D,23D,24D,25D,26D,27D,28D,29D,30D,37D,38D,39D,40D,41D,42D,45D,46D,47D,48D,49D,50D. The average Bonchev–Trinajstić information content (AvgIpc) is 1.20. The molecule has 5 aromatic heterocycles. The van der Waals surface area contributed by atoms with Crippen molar-refractivity contribution in [3.8, 4) is 50.7 Å². The summed E-state index contributed by atoms with van der Waals surface area (Å²) in [6.45, 7) is 26.3. The third-order valence-corrected chi connectivity index (χ3v) is 26.0. The summed E-state index contributed by atoms with van der Waals surface area (Å²) in [7, 11) is 0. The van der Waals surface area contributed by atoms with Crippen LogP contribution in [0, 0.1) is 0 Å². The SMILES string of the molecule is [2H]c1c([2H])c([2H])c2c(c1[2H])c1c([2H])c([2H])c([2H])c([2H])c1n2-c1ccc2c(c1)N(c1cccc3c4cccc(-n5c6c([2H])c([2H])c([2H])c([2H])c6c6c([2H])c([2H])c([2H])c([2H])c65)c4n(-c4ccccc4)c13)c1cc(-n3c4c([2H])c([2H])c([2H])c([2H])c4c4c([2H])c([2H])c([2H])c([2H])c43)cc3c1C2c1ccc(-n2c4ccc(C(C)(C)C)cc4c4cc(C(C)(C)C)ccc42)cc1N3c1c(-c2ccccc2)cc(C(C)(C)C)cc1-c1ccc(C(C)(C)C)cc1. The summed E-state index contributed by atoms with van der Waals surface area (Å²) in [5.41, 5.74) is 13.5. The lowest BCUT2D eigenvalue weighted by Crippen LogP contribution is -2.30. The van der Waals surface area contributed by atoms with E-state index >= 15 is 0 Å². The summed E-state index contributed by atoms with van der Waals surface area (Å²) in [4.78, 5) is 4.32. The van der Waals surface area contributed by atoms with Gasteiger partial charge in [-0.15, -0.1) is 0 Å². The van der Waals surface area contributed by atoms with E-state index < -0.39 is 156 Å². The number of para-hydroxylation sites is 9. The van der Waals surface area contributed by atoms with Gasteiger partial charge in [0.05, 0.1) is 134 Å². The molecule has 0 fully saturated rings. The maximum absolute atomic E-state index is 10.5. The molecule has 0 spiro atoms. The minimum absolute atomic E-state index is 0.0927. The summed E-state index contributed by atoms with van der Waals surface area (Å²) in [5.74, 6) is -1.00. The number of rotatable bonds is 9. The second-order valence-electron chi connectivity index (χ2n) is 37.5. The molecule has 1 atom stereocenters. The van der Waals surface area contributed by atoms with Gasteiger partial charge in [0.15, 0.2) is 0 Å². The zero-order chi connectivity index (χ0) is 106.